The fourth-order valence-electron chi connectivity index (χ4n) is 1.68. The molecule has 0 radical (unpaired) electrons. The minimum Gasteiger partial charge on any atom is -0.494 e. The predicted molar refractivity (Wildman–Crippen MR) is 69.1 cm³/mol. The molecule has 0 fully saturated rings. The largest absolute Gasteiger partial charge is 0.494 e. The number of hydrogen-bond donors (Lipinski definition) is 0. The maximum Gasteiger partial charge on any atom is 0.200 e. The number of carbonyl (C=O) groups is 1. The SMILES string of the molecule is COc1ccc(C(=O)COc2cc(F)cc(F)c2)cc1F. The Balaban J connectivity index is 2.06. The van der Waals surface area contributed by atoms with E-state index in [4.69, 9.17) is 9.47 Å². The molecule has 2 aromatic carbocycles. The van der Waals surface area contributed by atoms with Gasteiger partial charge in [0.15, 0.2) is 24.0 Å². The monoisotopic (exact) mass is 296 g/mol. The highest BCUT2D eigenvalue weighted by Gasteiger charge is 2.11. The molecule has 0 heterocycles. The van der Waals surface area contributed by atoms with E-state index in [9.17, 15) is 18.0 Å². The van der Waals surface area contributed by atoms with E-state index in [-0.39, 0.29) is 17.1 Å². The summed E-state index contributed by atoms with van der Waals surface area (Å²) in [6.07, 6.45) is 0. The summed E-state index contributed by atoms with van der Waals surface area (Å²) in [5.74, 6) is -2.93. The van der Waals surface area contributed by atoms with Crippen LogP contribution in [-0.2, 0) is 0 Å². The highest BCUT2D eigenvalue weighted by atomic mass is 19.1. The van der Waals surface area contributed by atoms with E-state index in [0.29, 0.717) is 6.07 Å². The predicted octanol–water partition coefficient (Wildman–Crippen LogP) is 3.37. The van der Waals surface area contributed by atoms with E-state index in [1.54, 1.807) is 0 Å². The van der Waals surface area contributed by atoms with Crippen molar-refractivity contribution in [3.8, 4) is 11.5 Å². The zero-order valence-electron chi connectivity index (χ0n) is 11.0. The van der Waals surface area contributed by atoms with Crippen LogP contribution in [0.4, 0.5) is 13.2 Å². The number of benzene rings is 2. The molecule has 0 saturated heterocycles. The number of rotatable bonds is 5. The number of Topliss-reactive ketones (excluding diaryl/α,β-unsaturated/α-hetero) is 1. The highest BCUT2D eigenvalue weighted by molar-refractivity contribution is 5.97. The minimum atomic E-state index is -0.812. The van der Waals surface area contributed by atoms with Gasteiger partial charge in [0.05, 0.1) is 7.11 Å². The second-order valence-corrected chi connectivity index (χ2v) is 4.17. The van der Waals surface area contributed by atoms with Gasteiger partial charge in [0, 0.05) is 23.8 Å². The molecule has 2 rings (SSSR count). The molecule has 0 unspecified atom stereocenters. The summed E-state index contributed by atoms with van der Waals surface area (Å²) in [4.78, 5) is 11.8. The lowest BCUT2D eigenvalue weighted by Crippen LogP contribution is -2.12. The van der Waals surface area contributed by atoms with Gasteiger partial charge >= 0.3 is 0 Å². The molecule has 6 heteroatoms. The van der Waals surface area contributed by atoms with Gasteiger partial charge in [0.1, 0.15) is 17.4 Å². The van der Waals surface area contributed by atoms with Gasteiger partial charge in [-0.25, -0.2) is 13.2 Å². The summed E-state index contributed by atoms with van der Waals surface area (Å²) >= 11 is 0. The number of halogens is 3. The van der Waals surface area contributed by atoms with Crippen LogP contribution in [0.3, 0.4) is 0 Å². The molecule has 0 aromatic heterocycles. The van der Waals surface area contributed by atoms with Crippen molar-refractivity contribution in [2.45, 2.75) is 0 Å². The van der Waals surface area contributed by atoms with E-state index in [1.165, 1.54) is 19.2 Å². The van der Waals surface area contributed by atoms with Gasteiger partial charge in [-0.3, -0.25) is 4.79 Å². The molecule has 0 amide bonds. The van der Waals surface area contributed by atoms with Gasteiger partial charge in [-0.15, -0.1) is 0 Å². The van der Waals surface area contributed by atoms with Crippen molar-refractivity contribution in [1.82, 2.24) is 0 Å². The van der Waals surface area contributed by atoms with Gasteiger partial charge in [-0.1, -0.05) is 0 Å². The maximum absolute atomic E-state index is 13.5. The molecule has 0 aliphatic rings. The van der Waals surface area contributed by atoms with Gasteiger partial charge < -0.3 is 9.47 Å². The summed E-state index contributed by atoms with van der Waals surface area (Å²) in [5, 5.41) is 0. The van der Waals surface area contributed by atoms with Crippen molar-refractivity contribution in [3.05, 3.63) is 59.4 Å². The van der Waals surface area contributed by atoms with Gasteiger partial charge in [-0.2, -0.15) is 0 Å². The van der Waals surface area contributed by atoms with Crippen molar-refractivity contribution >= 4 is 5.78 Å². The second kappa shape index (κ2) is 6.30. The smallest absolute Gasteiger partial charge is 0.200 e. The zero-order valence-corrected chi connectivity index (χ0v) is 11.0. The molecule has 0 saturated carbocycles. The molecule has 0 bridgehead atoms. The Labute approximate surface area is 118 Å². The number of hydrogen-bond acceptors (Lipinski definition) is 3. The lowest BCUT2D eigenvalue weighted by Gasteiger charge is -2.07. The quantitative estimate of drug-likeness (QED) is 0.794. The lowest BCUT2D eigenvalue weighted by atomic mass is 10.1. The fourth-order valence-corrected chi connectivity index (χ4v) is 1.68. The number of carbonyl (C=O) groups excluding carboxylic acids is 1. The van der Waals surface area contributed by atoms with Gasteiger partial charge in [0.2, 0.25) is 0 Å². The Morgan fingerprint density at radius 1 is 1.05 bits per heavy atom. The first-order chi connectivity index (χ1) is 9.99. The summed E-state index contributed by atoms with van der Waals surface area (Å²) < 4.78 is 49.1. The van der Waals surface area contributed by atoms with E-state index < -0.39 is 29.8 Å². The Morgan fingerprint density at radius 2 is 1.71 bits per heavy atom. The van der Waals surface area contributed by atoms with Crippen LogP contribution in [-0.4, -0.2) is 19.5 Å². The Hall–Kier alpha value is -2.50. The third kappa shape index (κ3) is 3.75. The van der Waals surface area contributed by atoms with Crippen LogP contribution in [0, 0.1) is 17.5 Å². The minimum absolute atomic E-state index is 0.0136. The summed E-state index contributed by atoms with van der Waals surface area (Å²) in [7, 11) is 1.31. The van der Waals surface area contributed by atoms with Gasteiger partial charge in [-0.05, 0) is 18.2 Å². The molecule has 21 heavy (non-hydrogen) atoms. The molecule has 110 valence electrons. The number of methoxy groups -OCH3 is 1. The van der Waals surface area contributed by atoms with Crippen molar-refractivity contribution in [1.29, 1.82) is 0 Å². The topological polar surface area (TPSA) is 35.5 Å². The van der Waals surface area contributed by atoms with Crippen LogP contribution in [0.25, 0.3) is 0 Å². The van der Waals surface area contributed by atoms with Gasteiger partial charge in [0.25, 0.3) is 0 Å². The van der Waals surface area contributed by atoms with E-state index in [1.807, 2.05) is 0 Å². The van der Waals surface area contributed by atoms with Crippen molar-refractivity contribution in [2.24, 2.45) is 0 Å². The first kappa shape index (κ1) is 14.9. The third-order valence-corrected chi connectivity index (χ3v) is 2.68. The Bertz CT molecular complexity index is 651. The second-order valence-electron chi connectivity index (χ2n) is 4.17. The standard InChI is InChI=1S/C15H11F3O3/c1-20-15-3-2-9(4-13(15)18)14(19)8-21-12-6-10(16)5-11(17)7-12/h2-7H,8H2,1H3. The molecular weight excluding hydrogens is 285 g/mol. The number of ketones is 1. The van der Waals surface area contributed by atoms with Crippen molar-refractivity contribution in [2.75, 3.05) is 13.7 Å². The highest BCUT2D eigenvalue weighted by Crippen LogP contribution is 2.19. The molecule has 0 aliphatic heterocycles. The summed E-state index contributed by atoms with van der Waals surface area (Å²) in [5.41, 5.74) is 0.0742. The average Bonchev–Trinajstić information content (AvgIpc) is 2.43. The van der Waals surface area contributed by atoms with Crippen molar-refractivity contribution in [3.63, 3.8) is 0 Å². The third-order valence-electron chi connectivity index (χ3n) is 2.68. The fraction of sp³-hybridized carbons (Fsp3) is 0.133. The molecule has 2 aromatic rings. The van der Waals surface area contributed by atoms with Crippen LogP contribution < -0.4 is 9.47 Å². The normalized spacial score (nSPS) is 10.3. The van der Waals surface area contributed by atoms with E-state index in [0.717, 1.165) is 18.2 Å². The van der Waals surface area contributed by atoms with E-state index in [2.05, 4.69) is 0 Å². The first-order valence-corrected chi connectivity index (χ1v) is 5.95. The Morgan fingerprint density at radius 3 is 2.29 bits per heavy atom. The Kier molecular flexibility index (Phi) is 4.47. The van der Waals surface area contributed by atoms with E-state index >= 15 is 0 Å². The molecule has 0 N–H and O–H groups in total. The molecule has 3 nitrogen and oxygen atoms in total. The van der Waals surface area contributed by atoms with Crippen LogP contribution in [0.1, 0.15) is 10.4 Å². The molecule has 0 aliphatic carbocycles. The van der Waals surface area contributed by atoms with Crippen molar-refractivity contribution < 1.29 is 27.4 Å². The lowest BCUT2D eigenvalue weighted by molar-refractivity contribution is 0.0920. The summed E-state index contributed by atoms with van der Waals surface area (Å²) in [6, 6.07) is 6.28. The van der Waals surface area contributed by atoms with Crippen LogP contribution in [0.2, 0.25) is 0 Å². The average molecular weight is 296 g/mol. The maximum atomic E-state index is 13.5. The van der Waals surface area contributed by atoms with Crippen LogP contribution in [0.5, 0.6) is 11.5 Å². The number of ether oxygens (including phenoxy) is 2. The molecule has 0 atom stereocenters. The van der Waals surface area contributed by atoms with Crippen LogP contribution in [0.15, 0.2) is 36.4 Å². The first-order valence-electron chi connectivity index (χ1n) is 5.95. The zero-order chi connectivity index (χ0) is 15.4. The summed E-state index contributed by atoms with van der Waals surface area (Å²) in [6.45, 7) is -0.464. The molecular formula is C15H11F3O3. The molecule has 0 spiro atoms. The van der Waals surface area contributed by atoms with Crippen LogP contribution >= 0.6 is 0 Å².